The van der Waals surface area contributed by atoms with Gasteiger partial charge in [0.1, 0.15) is 5.60 Å². The van der Waals surface area contributed by atoms with Gasteiger partial charge < -0.3 is 9.84 Å². The normalized spacial score (nSPS) is 23.8. The van der Waals surface area contributed by atoms with Crippen molar-refractivity contribution in [3.05, 3.63) is 0 Å². The highest BCUT2D eigenvalue weighted by molar-refractivity contribution is 7.99. The van der Waals surface area contributed by atoms with E-state index < -0.39 is 23.2 Å². The zero-order valence-electron chi connectivity index (χ0n) is 12.1. The lowest BCUT2D eigenvalue weighted by Crippen LogP contribution is -2.60. The Kier molecular flexibility index (Phi) is 5.12. The Morgan fingerprint density at radius 1 is 1.42 bits per heavy atom. The van der Waals surface area contributed by atoms with Gasteiger partial charge in [-0.3, -0.25) is 4.90 Å². The first kappa shape index (κ1) is 16.1. The van der Waals surface area contributed by atoms with E-state index in [9.17, 15) is 14.7 Å². The Balaban J connectivity index is 2.97. The third-order valence-corrected chi connectivity index (χ3v) is 4.32. The molecule has 1 N–H and O–H groups in total. The summed E-state index contributed by atoms with van der Waals surface area (Å²) in [5.41, 5.74) is -1.74. The summed E-state index contributed by atoms with van der Waals surface area (Å²) in [4.78, 5) is 25.3. The number of ether oxygens (including phenoxy) is 1. The second kappa shape index (κ2) is 6.03. The van der Waals surface area contributed by atoms with Crippen molar-refractivity contribution >= 4 is 23.8 Å². The summed E-state index contributed by atoms with van der Waals surface area (Å²) in [6, 6.07) is 0. The highest BCUT2D eigenvalue weighted by atomic mass is 32.2. The summed E-state index contributed by atoms with van der Waals surface area (Å²) in [5, 5.41) is 9.57. The average Bonchev–Trinajstić information content (AvgIpc) is 2.28. The molecule has 1 aliphatic rings. The average molecular weight is 289 g/mol. The lowest BCUT2D eigenvalue weighted by atomic mass is 9.93. The molecule has 1 heterocycles. The maximum atomic E-state index is 12.2. The molecule has 0 aromatic heterocycles. The fraction of sp³-hybridized carbons (Fsp3) is 0.846. The molecule has 1 unspecified atom stereocenters. The maximum Gasteiger partial charge on any atom is 0.411 e. The van der Waals surface area contributed by atoms with Gasteiger partial charge in [-0.15, -0.1) is 0 Å². The van der Waals surface area contributed by atoms with Crippen LogP contribution in [0.15, 0.2) is 0 Å². The topological polar surface area (TPSA) is 66.8 Å². The van der Waals surface area contributed by atoms with Gasteiger partial charge in [-0.25, -0.2) is 9.59 Å². The van der Waals surface area contributed by atoms with Crippen LogP contribution in [-0.2, 0) is 9.53 Å². The number of likely N-dealkylation sites (N-methyl/N-ethyl adjacent to an activating group) is 1. The molecule has 5 nitrogen and oxygen atoms in total. The summed E-state index contributed by atoms with van der Waals surface area (Å²) in [6.45, 7) is 7.46. The van der Waals surface area contributed by atoms with Gasteiger partial charge in [-0.1, -0.05) is 0 Å². The molecule has 1 saturated heterocycles. The van der Waals surface area contributed by atoms with Gasteiger partial charge in [-0.2, -0.15) is 11.8 Å². The summed E-state index contributed by atoms with van der Waals surface area (Å²) in [5.74, 6) is 0.434. The summed E-state index contributed by atoms with van der Waals surface area (Å²) in [7, 11) is 0. The molecule has 1 amide bonds. The number of hydrogen-bond acceptors (Lipinski definition) is 4. The van der Waals surface area contributed by atoms with E-state index in [0.717, 1.165) is 12.2 Å². The van der Waals surface area contributed by atoms with Crippen molar-refractivity contribution in [3.63, 3.8) is 0 Å². The van der Waals surface area contributed by atoms with E-state index in [1.165, 1.54) is 4.90 Å². The van der Waals surface area contributed by atoms with Gasteiger partial charge in [0.05, 0.1) is 0 Å². The van der Waals surface area contributed by atoms with Crippen LogP contribution in [0.4, 0.5) is 4.79 Å². The lowest BCUT2D eigenvalue weighted by Gasteiger charge is -2.42. The molecule has 19 heavy (non-hydrogen) atoms. The molecule has 110 valence electrons. The van der Waals surface area contributed by atoms with Crippen LogP contribution in [0.2, 0.25) is 0 Å². The Hall–Kier alpha value is -0.910. The summed E-state index contributed by atoms with van der Waals surface area (Å²) in [6.07, 6.45) is 0.749. The lowest BCUT2D eigenvalue weighted by molar-refractivity contribution is -0.150. The van der Waals surface area contributed by atoms with Gasteiger partial charge in [0.2, 0.25) is 0 Å². The first-order chi connectivity index (χ1) is 8.73. The Bertz CT molecular complexity index is 345. The van der Waals surface area contributed by atoms with Gasteiger partial charge in [0.15, 0.2) is 5.54 Å². The Labute approximate surface area is 118 Å². The van der Waals surface area contributed by atoms with Crippen LogP contribution in [0, 0.1) is 0 Å². The van der Waals surface area contributed by atoms with Gasteiger partial charge in [-0.05, 0) is 46.3 Å². The minimum atomic E-state index is -1.12. The van der Waals surface area contributed by atoms with Crippen molar-refractivity contribution in [2.24, 2.45) is 0 Å². The van der Waals surface area contributed by atoms with E-state index in [2.05, 4.69) is 0 Å². The smallest absolute Gasteiger partial charge is 0.411 e. The number of aliphatic carboxylic acids is 1. The predicted octanol–water partition coefficient (Wildman–Crippen LogP) is 2.59. The third-order valence-electron chi connectivity index (χ3n) is 3.06. The summed E-state index contributed by atoms with van der Waals surface area (Å²) >= 11 is 1.58. The molecular weight excluding hydrogens is 266 g/mol. The third kappa shape index (κ3) is 3.78. The summed E-state index contributed by atoms with van der Waals surface area (Å²) < 4.78 is 5.33. The number of carbonyl (C=O) groups is 2. The molecule has 0 saturated carbocycles. The van der Waals surface area contributed by atoms with Gasteiger partial charge in [0, 0.05) is 12.3 Å². The van der Waals surface area contributed by atoms with Crippen LogP contribution in [0.3, 0.4) is 0 Å². The minimum absolute atomic E-state index is 0.335. The fourth-order valence-corrected chi connectivity index (χ4v) is 3.45. The fourth-order valence-electron chi connectivity index (χ4n) is 2.20. The highest BCUT2D eigenvalue weighted by Crippen LogP contribution is 2.33. The van der Waals surface area contributed by atoms with Crippen LogP contribution >= 0.6 is 11.8 Å². The van der Waals surface area contributed by atoms with Crippen molar-refractivity contribution in [2.45, 2.75) is 51.7 Å². The highest BCUT2D eigenvalue weighted by Gasteiger charge is 2.48. The van der Waals surface area contributed by atoms with E-state index in [1.54, 1.807) is 39.5 Å². The predicted molar refractivity (Wildman–Crippen MR) is 75.5 cm³/mol. The monoisotopic (exact) mass is 289 g/mol. The number of rotatable bonds is 3. The van der Waals surface area contributed by atoms with Crippen LogP contribution in [0.25, 0.3) is 0 Å². The maximum absolute atomic E-state index is 12.2. The van der Waals surface area contributed by atoms with E-state index >= 15 is 0 Å². The van der Waals surface area contributed by atoms with E-state index in [-0.39, 0.29) is 0 Å². The van der Waals surface area contributed by atoms with E-state index in [0.29, 0.717) is 18.7 Å². The number of carboxylic acid groups (broad SMARTS) is 1. The molecule has 1 rings (SSSR count). The van der Waals surface area contributed by atoms with Crippen LogP contribution < -0.4 is 0 Å². The molecule has 6 heteroatoms. The zero-order valence-corrected chi connectivity index (χ0v) is 12.9. The van der Waals surface area contributed by atoms with Gasteiger partial charge in [0.25, 0.3) is 0 Å². The minimum Gasteiger partial charge on any atom is -0.479 e. The number of carboxylic acids is 1. The quantitative estimate of drug-likeness (QED) is 0.865. The Morgan fingerprint density at radius 2 is 2.05 bits per heavy atom. The second-order valence-electron chi connectivity index (χ2n) is 5.72. The molecule has 0 bridgehead atoms. The molecule has 1 atom stereocenters. The number of hydrogen-bond donors (Lipinski definition) is 1. The standard InChI is InChI=1S/C13H23NO4S/c1-5-14(11(17)18-12(2,3)4)13(10(15)16)7-6-8-19-9-13/h5-9H2,1-4H3,(H,15,16). The molecule has 0 aliphatic carbocycles. The molecule has 0 aromatic carbocycles. The van der Waals surface area contributed by atoms with E-state index in [1.807, 2.05) is 0 Å². The van der Waals surface area contributed by atoms with Gasteiger partial charge >= 0.3 is 12.1 Å². The van der Waals surface area contributed by atoms with Crippen molar-refractivity contribution in [1.29, 1.82) is 0 Å². The van der Waals surface area contributed by atoms with Crippen LogP contribution in [-0.4, -0.2) is 51.3 Å². The first-order valence-corrected chi connectivity index (χ1v) is 7.70. The second-order valence-corrected chi connectivity index (χ2v) is 6.82. The Morgan fingerprint density at radius 3 is 2.42 bits per heavy atom. The van der Waals surface area contributed by atoms with E-state index in [4.69, 9.17) is 4.74 Å². The molecule has 0 spiro atoms. The number of nitrogens with zero attached hydrogens (tertiary/aromatic N) is 1. The molecule has 1 aliphatic heterocycles. The number of carbonyl (C=O) groups excluding carboxylic acids is 1. The molecule has 0 aromatic rings. The van der Waals surface area contributed by atoms with Crippen molar-refractivity contribution < 1.29 is 19.4 Å². The number of thioether (sulfide) groups is 1. The SMILES string of the molecule is CCN(C(=O)OC(C)(C)C)C1(C(=O)O)CCCSC1. The molecular formula is C13H23NO4S. The van der Waals surface area contributed by atoms with Crippen molar-refractivity contribution in [3.8, 4) is 0 Å². The zero-order chi connectivity index (χ0) is 14.7. The van der Waals surface area contributed by atoms with Crippen molar-refractivity contribution in [1.82, 2.24) is 4.90 Å². The number of amides is 1. The van der Waals surface area contributed by atoms with Crippen LogP contribution in [0.5, 0.6) is 0 Å². The van der Waals surface area contributed by atoms with Crippen molar-refractivity contribution in [2.75, 3.05) is 18.1 Å². The largest absolute Gasteiger partial charge is 0.479 e. The molecule has 0 radical (unpaired) electrons. The molecule has 1 fully saturated rings. The van der Waals surface area contributed by atoms with Crippen LogP contribution in [0.1, 0.15) is 40.5 Å². The first-order valence-electron chi connectivity index (χ1n) is 6.55.